The van der Waals surface area contributed by atoms with Gasteiger partial charge in [-0.3, -0.25) is 14.9 Å². The predicted octanol–water partition coefficient (Wildman–Crippen LogP) is 3.63. The lowest BCUT2D eigenvalue weighted by Gasteiger charge is -1.96. The monoisotopic (exact) mass is 297 g/mol. The maximum Gasteiger partial charge on any atom is 0.269 e. The highest BCUT2D eigenvalue weighted by Gasteiger charge is 2.02. The van der Waals surface area contributed by atoms with Gasteiger partial charge in [-0.2, -0.15) is 0 Å². The molecular formula is C16H11NO3S. The molecule has 5 heteroatoms. The molecule has 0 aliphatic carbocycles. The average Bonchev–Trinajstić information content (AvgIpc) is 2.46. The Hall–Kier alpha value is -2.58. The van der Waals surface area contributed by atoms with E-state index < -0.39 is 4.92 Å². The fourth-order valence-electron chi connectivity index (χ4n) is 1.58. The first-order valence-corrected chi connectivity index (χ1v) is 6.91. The van der Waals surface area contributed by atoms with E-state index >= 15 is 0 Å². The van der Waals surface area contributed by atoms with Gasteiger partial charge in [-0.1, -0.05) is 23.6 Å². The molecule has 4 nitrogen and oxygen atoms in total. The van der Waals surface area contributed by atoms with E-state index in [2.05, 4.69) is 11.8 Å². The number of hydrogen-bond donors (Lipinski definition) is 0. The minimum Gasteiger partial charge on any atom is -0.287 e. The van der Waals surface area contributed by atoms with Crippen LogP contribution in [0.5, 0.6) is 0 Å². The second kappa shape index (κ2) is 6.73. The first kappa shape index (κ1) is 14.8. The van der Waals surface area contributed by atoms with E-state index in [-0.39, 0.29) is 10.8 Å². The number of non-ortho nitro benzene ring substituents is 1. The van der Waals surface area contributed by atoms with Crippen LogP contribution in [0, 0.1) is 22.0 Å². The summed E-state index contributed by atoms with van der Waals surface area (Å²) in [7, 11) is 0. The molecule has 0 unspecified atom stereocenters. The van der Waals surface area contributed by atoms with E-state index in [1.165, 1.54) is 30.8 Å². The van der Waals surface area contributed by atoms with Gasteiger partial charge in [-0.25, -0.2) is 0 Å². The minimum absolute atomic E-state index is 0.0414. The van der Waals surface area contributed by atoms with E-state index in [4.69, 9.17) is 0 Å². The third-order valence-electron chi connectivity index (χ3n) is 2.55. The molecule has 0 fully saturated rings. The summed E-state index contributed by atoms with van der Waals surface area (Å²) in [6.07, 6.45) is 0. The van der Waals surface area contributed by atoms with Crippen LogP contribution in [-0.4, -0.2) is 10.0 Å². The van der Waals surface area contributed by atoms with Crippen LogP contribution in [-0.2, 0) is 4.79 Å². The number of nitrogens with zero attached hydrogens (tertiary/aromatic N) is 1. The minimum atomic E-state index is -0.442. The van der Waals surface area contributed by atoms with Crippen LogP contribution in [0.15, 0.2) is 53.4 Å². The normalized spacial score (nSPS) is 9.57. The largest absolute Gasteiger partial charge is 0.287 e. The van der Waals surface area contributed by atoms with Crippen molar-refractivity contribution in [1.82, 2.24) is 0 Å². The molecule has 21 heavy (non-hydrogen) atoms. The fraction of sp³-hybridized carbons (Fsp3) is 0.0625. The molecule has 104 valence electrons. The van der Waals surface area contributed by atoms with Crippen LogP contribution in [0.4, 0.5) is 5.69 Å². The van der Waals surface area contributed by atoms with Crippen molar-refractivity contribution in [2.75, 3.05) is 0 Å². The van der Waals surface area contributed by atoms with Crippen LogP contribution < -0.4 is 0 Å². The molecule has 0 radical (unpaired) electrons. The lowest BCUT2D eigenvalue weighted by Crippen LogP contribution is -1.87. The number of nitro benzene ring substituents is 1. The van der Waals surface area contributed by atoms with Gasteiger partial charge in [0.2, 0.25) is 0 Å². The van der Waals surface area contributed by atoms with E-state index in [9.17, 15) is 14.9 Å². The van der Waals surface area contributed by atoms with Crippen molar-refractivity contribution < 1.29 is 9.72 Å². The molecule has 0 aromatic heterocycles. The number of thioether (sulfide) groups is 1. The van der Waals surface area contributed by atoms with Gasteiger partial charge in [0.1, 0.15) is 0 Å². The lowest BCUT2D eigenvalue weighted by atomic mass is 10.2. The van der Waals surface area contributed by atoms with Crippen molar-refractivity contribution in [2.24, 2.45) is 0 Å². The Labute approximate surface area is 126 Å². The third kappa shape index (κ3) is 4.48. The van der Waals surface area contributed by atoms with Gasteiger partial charge in [0.05, 0.1) is 4.92 Å². The summed E-state index contributed by atoms with van der Waals surface area (Å²) >= 11 is 1.17. The van der Waals surface area contributed by atoms with Gasteiger partial charge < -0.3 is 0 Å². The maximum absolute atomic E-state index is 11.0. The van der Waals surface area contributed by atoms with Crippen molar-refractivity contribution >= 4 is 22.6 Å². The van der Waals surface area contributed by atoms with Crippen molar-refractivity contribution in [3.05, 3.63) is 69.8 Å². The quantitative estimate of drug-likeness (QED) is 0.367. The van der Waals surface area contributed by atoms with E-state index in [0.717, 1.165) is 10.5 Å². The highest BCUT2D eigenvalue weighted by atomic mass is 32.2. The zero-order chi connectivity index (χ0) is 15.2. The van der Waals surface area contributed by atoms with E-state index in [1.54, 1.807) is 12.1 Å². The highest BCUT2D eigenvalue weighted by Crippen LogP contribution is 2.18. The summed E-state index contributed by atoms with van der Waals surface area (Å²) < 4.78 is 0. The van der Waals surface area contributed by atoms with Crippen molar-refractivity contribution in [3.63, 3.8) is 0 Å². The standard InChI is InChI=1S/C16H11NO3S/c1-12(18)21-16-10-6-14(7-11-16)3-2-13-4-8-15(9-5-13)17(19)20/h4-11H,1H3. The second-order valence-electron chi connectivity index (χ2n) is 4.17. The average molecular weight is 297 g/mol. The molecule has 0 aliphatic rings. The SMILES string of the molecule is CC(=O)Sc1ccc(C#Cc2ccc([N+](=O)[O-])cc2)cc1. The van der Waals surface area contributed by atoms with Gasteiger partial charge in [0, 0.05) is 35.1 Å². The van der Waals surface area contributed by atoms with Crippen LogP contribution in [0.3, 0.4) is 0 Å². The smallest absolute Gasteiger partial charge is 0.269 e. The molecular weight excluding hydrogens is 286 g/mol. The molecule has 0 aliphatic heterocycles. The first-order chi connectivity index (χ1) is 10.0. The van der Waals surface area contributed by atoms with Crippen molar-refractivity contribution in [3.8, 4) is 11.8 Å². The van der Waals surface area contributed by atoms with Gasteiger partial charge in [-0.05, 0) is 36.4 Å². The summed E-state index contributed by atoms with van der Waals surface area (Å²) in [5.74, 6) is 5.92. The molecule has 0 spiro atoms. The summed E-state index contributed by atoms with van der Waals surface area (Å²) in [6, 6.07) is 13.4. The molecule has 2 aromatic carbocycles. The predicted molar refractivity (Wildman–Crippen MR) is 82.1 cm³/mol. The van der Waals surface area contributed by atoms with Crippen molar-refractivity contribution in [1.29, 1.82) is 0 Å². The van der Waals surface area contributed by atoms with Crippen LogP contribution >= 0.6 is 11.8 Å². The Morgan fingerprint density at radius 1 is 1.00 bits per heavy atom. The van der Waals surface area contributed by atoms with Crippen LogP contribution in [0.2, 0.25) is 0 Å². The van der Waals surface area contributed by atoms with Gasteiger partial charge in [0.25, 0.3) is 5.69 Å². The molecule has 2 rings (SSSR count). The third-order valence-corrected chi connectivity index (χ3v) is 3.34. The Bertz CT molecular complexity index is 725. The molecule has 0 atom stereocenters. The number of nitro groups is 1. The summed E-state index contributed by atoms with van der Waals surface area (Å²) in [6.45, 7) is 1.52. The lowest BCUT2D eigenvalue weighted by molar-refractivity contribution is -0.384. The second-order valence-corrected chi connectivity index (χ2v) is 5.42. The molecule has 0 saturated carbocycles. The Kier molecular flexibility index (Phi) is 4.75. The molecule has 0 N–H and O–H groups in total. The zero-order valence-corrected chi connectivity index (χ0v) is 12.0. The van der Waals surface area contributed by atoms with E-state index in [1.807, 2.05) is 24.3 Å². The number of carbonyl (C=O) groups excluding carboxylic acids is 1. The Balaban J connectivity index is 2.11. The van der Waals surface area contributed by atoms with Gasteiger partial charge in [0.15, 0.2) is 5.12 Å². The Morgan fingerprint density at radius 3 is 1.90 bits per heavy atom. The summed E-state index contributed by atoms with van der Waals surface area (Å²) in [4.78, 5) is 22.0. The number of hydrogen-bond acceptors (Lipinski definition) is 4. The van der Waals surface area contributed by atoms with Gasteiger partial charge >= 0.3 is 0 Å². The van der Waals surface area contributed by atoms with Crippen LogP contribution in [0.1, 0.15) is 18.1 Å². The zero-order valence-electron chi connectivity index (χ0n) is 11.2. The topological polar surface area (TPSA) is 60.2 Å². The summed E-state index contributed by atoms with van der Waals surface area (Å²) in [5.41, 5.74) is 1.58. The molecule has 0 saturated heterocycles. The van der Waals surface area contributed by atoms with Crippen LogP contribution in [0.25, 0.3) is 0 Å². The van der Waals surface area contributed by atoms with Crippen molar-refractivity contribution in [2.45, 2.75) is 11.8 Å². The van der Waals surface area contributed by atoms with Gasteiger partial charge in [-0.15, -0.1) is 0 Å². The molecule has 0 heterocycles. The highest BCUT2D eigenvalue weighted by molar-refractivity contribution is 8.13. The summed E-state index contributed by atoms with van der Waals surface area (Å²) in [5, 5.41) is 10.6. The maximum atomic E-state index is 11.0. The number of rotatable bonds is 2. The number of benzene rings is 2. The fourth-order valence-corrected chi connectivity index (χ4v) is 2.19. The van der Waals surface area contributed by atoms with E-state index in [0.29, 0.717) is 5.56 Å². The molecule has 0 amide bonds. The Morgan fingerprint density at radius 2 is 1.48 bits per heavy atom. The molecule has 0 bridgehead atoms. The number of carbonyl (C=O) groups is 1. The first-order valence-electron chi connectivity index (χ1n) is 6.09. The molecule has 2 aromatic rings.